The Hall–Kier alpha value is -1.36. The van der Waals surface area contributed by atoms with Crippen molar-refractivity contribution in [2.75, 3.05) is 19.5 Å². The second-order valence-electron chi connectivity index (χ2n) is 4.19. The van der Waals surface area contributed by atoms with Crippen molar-refractivity contribution in [2.45, 2.75) is 25.0 Å². The SMILES string of the molecule is COC(=O)CC(C)S(=O)CCCOc1ccccc1. The highest BCUT2D eigenvalue weighted by Gasteiger charge is 2.15. The fourth-order valence-corrected chi connectivity index (χ4v) is 2.65. The largest absolute Gasteiger partial charge is 0.494 e. The molecule has 2 unspecified atom stereocenters. The third kappa shape index (κ3) is 6.38. The van der Waals surface area contributed by atoms with Crippen molar-refractivity contribution in [3.8, 4) is 5.75 Å². The summed E-state index contributed by atoms with van der Waals surface area (Å²) in [4.78, 5) is 11.1. The highest BCUT2D eigenvalue weighted by atomic mass is 32.2. The van der Waals surface area contributed by atoms with E-state index in [-0.39, 0.29) is 17.6 Å². The van der Waals surface area contributed by atoms with Crippen LogP contribution in [-0.2, 0) is 20.3 Å². The first-order valence-electron chi connectivity index (χ1n) is 6.25. The summed E-state index contributed by atoms with van der Waals surface area (Å²) >= 11 is 0. The van der Waals surface area contributed by atoms with E-state index in [2.05, 4.69) is 4.74 Å². The van der Waals surface area contributed by atoms with E-state index in [9.17, 15) is 9.00 Å². The predicted molar refractivity (Wildman–Crippen MR) is 75.7 cm³/mol. The average molecular weight is 284 g/mol. The fourth-order valence-electron chi connectivity index (χ4n) is 1.52. The molecule has 0 aliphatic carbocycles. The van der Waals surface area contributed by atoms with Gasteiger partial charge in [-0.05, 0) is 18.6 Å². The fraction of sp³-hybridized carbons (Fsp3) is 0.500. The molecule has 0 spiro atoms. The second-order valence-corrected chi connectivity index (χ2v) is 6.17. The van der Waals surface area contributed by atoms with E-state index in [1.54, 1.807) is 6.92 Å². The maximum Gasteiger partial charge on any atom is 0.306 e. The number of rotatable bonds is 8. The molecule has 4 nitrogen and oxygen atoms in total. The first-order chi connectivity index (χ1) is 9.13. The van der Waals surface area contributed by atoms with Gasteiger partial charge < -0.3 is 9.47 Å². The van der Waals surface area contributed by atoms with E-state index >= 15 is 0 Å². The van der Waals surface area contributed by atoms with Crippen molar-refractivity contribution in [2.24, 2.45) is 0 Å². The highest BCUT2D eigenvalue weighted by Crippen LogP contribution is 2.09. The maximum absolute atomic E-state index is 11.9. The zero-order valence-corrected chi connectivity index (χ0v) is 12.2. The Morgan fingerprint density at radius 2 is 2.00 bits per heavy atom. The molecule has 1 aromatic carbocycles. The van der Waals surface area contributed by atoms with Crippen molar-refractivity contribution in [1.82, 2.24) is 0 Å². The molecule has 5 heteroatoms. The number of benzene rings is 1. The lowest BCUT2D eigenvalue weighted by molar-refractivity contribution is -0.140. The van der Waals surface area contributed by atoms with E-state index in [4.69, 9.17) is 4.74 Å². The first kappa shape index (κ1) is 15.7. The predicted octanol–water partition coefficient (Wildman–Crippen LogP) is 2.16. The van der Waals surface area contributed by atoms with Gasteiger partial charge in [-0.1, -0.05) is 25.1 Å². The molecular weight excluding hydrogens is 264 g/mol. The monoisotopic (exact) mass is 284 g/mol. The Kier molecular flexibility index (Phi) is 7.18. The second kappa shape index (κ2) is 8.69. The van der Waals surface area contributed by atoms with Gasteiger partial charge in [0.05, 0.1) is 20.1 Å². The van der Waals surface area contributed by atoms with E-state index in [1.807, 2.05) is 30.3 Å². The molecule has 1 rings (SSSR count). The number of hydrogen-bond donors (Lipinski definition) is 0. The van der Waals surface area contributed by atoms with Crippen molar-refractivity contribution in [3.05, 3.63) is 30.3 Å². The summed E-state index contributed by atoms with van der Waals surface area (Å²) < 4.78 is 21.9. The lowest BCUT2D eigenvalue weighted by Crippen LogP contribution is -2.20. The summed E-state index contributed by atoms with van der Waals surface area (Å²) in [6.07, 6.45) is 0.898. The molecule has 0 N–H and O–H groups in total. The summed E-state index contributed by atoms with van der Waals surface area (Å²) in [5.74, 6) is 1.03. The van der Waals surface area contributed by atoms with Gasteiger partial charge in [-0.15, -0.1) is 0 Å². The molecule has 106 valence electrons. The summed E-state index contributed by atoms with van der Waals surface area (Å²) in [7, 11) is 0.313. The van der Waals surface area contributed by atoms with Gasteiger partial charge in [0.15, 0.2) is 0 Å². The van der Waals surface area contributed by atoms with Crippen LogP contribution in [0.1, 0.15) is 19.8 Å². The number of ether oxygens (including phenoxy) is 2. The van der Waals surface area contributed by atoms with Crippen LogP contribution in [0.15, 0.2) is 30.3 Å². The quantitative estimate of drug-likeness (QED) is 0.542. The molecule has 0 aromatic heterocycles. The van der Waals surface area contributed by atoms with Crippen molar-refractivity contribution in [3.63, 3.8) is 0 Å². The Morgan fingerprint density at radius 1 is 1.32 bits per heavy atom. The van der Waals surface area contributed by atoms with E-state index < -0.39 is 10.8 Å². The highest BCUT2D eigenvalue weighted by molar-refractivity contribution is 7.85. The minimum Gasteiger partial charge on any atom is -0.494 e. The molecule has 0 aliphatic rings. The van der Waals surface area contributed by atoms with Gasteiger partial charge in [0.1, 0.15) is 5.75 Å². The normalized spacial score (nSPS) is 13.6. The molecule has 0 heterocycles. The van der Waals surface area contributed by atoms with Crippen molar-refractivity contribution in [1.29, 1.82) is 0 Å². The van der Waals surface area contributed by atoms with E-state index in [0.717, 1.165) is 5.75 Å². The molecular formula is C14H20O4S. The Labute approximate surface area is 116 Å². The van der Waals surface area contributed by atoms with Gasteiger partial charge in [-0.25, -0.2) is 0 Å². The minimum absolute atomic E-state index is 0.177. The molecule has 0 saturated carbocycles. The molecule has 0 fully saturated rings. The maximum atomic E-state index is 11.9. The van der Waals surface area contributed by atoms with E-state index in [0.29, 0.717) is 18.8 Å². The number of para-hydroxylation sites is 1. The summed E-state index contributed by atoms with van der Waals surface area (Å²) in [5, 5.41) is -0.177. The standard InChI is InChI=1S/C14H20O4S/c1-12(11-14(15)17-2)19(16)10-6-9-18-13-7-4-3-5-8-13/h3-5,7-8,12H,6,9-11H2,1-2H3. The van der Waals surface area contributed by atoms with Gasteiger partial charge >= 0.3 is 5.97 Å². The molecule has 2 atom stereocenters. The van der Waals surface area contributed by atoms with Crippen LogP contribution >= 0.6 is 0 Å². The molecule has 1 aromatic rings. The number of hydrogen-bond acceptors (Lipinski definition) is 4. The van der Waals surface area contributed by atoms with Crippen LogP contribution in [0.25, 0.3) is 0 Å². The van der Waals surface area contributed by atoms with Crippen LogP contribution in [0.5, 0.6) is 5.75 Å². The summed E-state index contributed by atoms with van der Waals surface area (Å²) in [6.45, 7) is 2.33. The average Bonchev–Trinajstić information content (AvgIpc) is 2.44. The van der Waals surface area contributed by atoms with Crippen LogP contribution < -0.4 is 4.74 Å². The van der Waals surface area contributed by atoms with Crippen molar-refractivity contribution < 1.29 is 18.5 Å². The zero-order chi connectivity index (χ0) is 14.1. The lowest BCUT2D eigenvalue weighted by atomic mass is 10.3. The van der Waals surface area contributed by atoms with Gasteiger partial charge in [0.25, 0.3) is 0 Å². The Morgan fingerprint density at radius 3 is 2.63 bits per heavy atom. The third-order valence-electron chi connectivity index (χ3n) is 2.63. The Bertz CT molecular complexity index is 405. The topological polar surface area (TPSA) is 52.6 Å². The number of carbonyl (C=O) groups excluding carboxylic acids is 1. The summed E-state index contributed by atoms with van der Waals surface area (Å²) in [5.41, 5.74) is 0. The van der Waals surface area contributed by atoms with Crippen LogP contribution in [-0.4, -0.2) is 34.9 Å². The van der Waals surface area contributed by atoms with E-state index in [1.165, 1.54) is 7.11 Å². The Balaban J connectivity index is 2.18. The van der Waals surface area contributed by atoms with Crippen molar-refractivity contribution >= 4 is 16.8 Å². The van der Waals surface area contributed by atoms with Gasteiger partial charge in [-0.3, -0.25) is 9.00 Å². The number of methoxy groups -OCH3 is 1. The lowest BCUT2D eigenvalue weighted by Gasteiger charge is -2.10. The molecule has 0 amide bonds. The van der Waals surface area contributed by atoms with Crippen LogP contribution in [0.3, 0.4) is 0 Å². The van der Waals surface area contributed by atoms with Crippen LogP contribution in [0.4, 0.5) is 0 Å². The smallest absolute Gasteiger partial charge is 0.306 e. The molecule has 0 aliphatic heterocycles. The van der Waals surface area contributed by atoms with Gasteiger partial charge in [0, 0.05) is 21.8 Å². The van der Waals surface area contributed by atoms with Gasteiger partial charge in [-0.2, -0.15) is 0 Å². The first-order valence-corrected chi connectivity index (χ1v) is 7.63. The number of carbonyl (C=O) groups is 1. The van der Waals surface area contributed by atoms with Gasteiger partial charge in [0.2, 0.25) is 0 Å². The number of esters is 1. The molecule has 0 bridgehead atoms. The third-order valence-corrected chi connectivity index (χ3v) is 4.39. The minimum atomic E-state index is -1.03. The molecule has 19 heavy (non-hydrogen) atoms. The molecule has 0 saturated heterocycles. The zero-order valence-electron chi connectivity index (χ0n) is 11.3. The van der Waals surface area contributed by atoms with Crippen LogP contribution in [0.2, 0.25) is 0 Å². The van der Waals surface area contributed by atoms with Crippen LogP contribution in [0, 0.1) is 0 Å². The molecule has 0 radical (unpaired) electrons. The summed E-state index contributed by atoms with van der Waals surface area (Å²) in [6, 6.07) is 9.52.